The molecule has 122 valence electrons. The van der Waals surface area contributed by atoms with Crippen molar-refractivity contribution in [1.29, 1.82) is 0 Å². The van der Waals surface area contributed by atoms with Gasteiger partial charge in [-0.15, -0.1) is 0 Å². The molecule has 2 amide bonds. The third-order valence-electron chi connectivity index (χ3n) is 3.30. The van der Waals surface area contributed by atoms with Crippen molar-refractivity contribution in [3.05, 3.63) is 34.3 Å². The van der Waals surface area contributed by atoms with Gasteiger partial charge in [0.1, 0.15) is 0 Å². The summed E-state index contributed by atoms with van der Waals surface area (Å²) < 4.78 is 0.920. The molecule has 4 N–H and O–H groups in total. The first-order valence-corrected chi connectivity index (χ1v) is 8.39. The molecule has 0 heterocycles. The van der Waals surface area contributed by atoms with Crippen molar-refractivity contribution in [2.75, 3.05) is 13.1 Å². The van der Waals surface area contributed by atoms with E-state index in [1.807, 2.05) is 0 Å². The Balaban J connectivity index is 2.29. The molecule has 1 rings (SSSR count). The van der Waals surface area contributed by atoms with Gasteiger partial charge in [0, 0.05) is 35.6 Å². The van der Waals surface area contributed by atoms with Crippen molar-refractivity contribution in [2.24, 2.45) is 5.73 Å². The molecule has 1 unspecified atom stereocenters. The molecule has 6 heteroatoms. The summed E-state index contributed by atoms with van der Waals surface area (Å²) in [4.78, 5) is 23.7. The number of hydrogen-bond acceptors (Lipinski definition) is 3. The summed E-state index contributed by atoms with van der Waals surface area (Å²) >= 11 is 3.32. The van der Waals surface area contributed by atoms with Crippen LogP contribution in [0, 0.1) is 0 Å². The first kappa shape index (κ1) is 18.6. The van der Waals surface area contributed by atoms with E-state index in [0.29, 0.717) is 18.7 Å². The number of hydrogen-bond donors (Lipinski definition) is 3. The number of carbonyl (C=O) groups is 2. The molecule has 1 atom stereocenters. The third kappa shape index (κ3) is 7.04. The molecule has 0 fully saturated rings. The van der Waals surface area contributed by atoms with Crippen molar-refractivity contribution in [2.45, 2.75) is 38.6 Å². The van der Waals surface area contributed by atoms with E-state index in [2.05, 4.69) is 33.5 Å². The standard InChI is InChI=1S/C16H24BrN3O2/c1-2-3-4-14(11-18)20-15(21)9-10-19-16(22)12-5-7-13(17)8-6-12/h5-8,14H,2-4,9-11,18H2,1H3,(H,19,22)(H,20,21). The van der Waals surface area contributed by atoms with Gasteiger partial charge in [0.05, 0.1) is 0 Å². The van der Waals surface area contributed by atoms with Gasteiger partial charge in [-0.05, 0) is 30.7 Å². The van der Waals surface area contributed by atoms with Crippen LogP contribution in [0.5, 0.6) is 0 Å². The van der Waals surface area contributed by atoms with Gasteiger partial charge in [-0.3, -0.25) is 9.59 Å². The topological polar surface area (TPSA) is 84.2 Å². The highest BCUT2D eigenvalue weighted by atomic mass is 79.9. The van der Waals surface area contributed by atoms with E-state index in [1.54, 1.807) is 24.3 Å². The van der Waals surface area contributed by atoms with Gasteiger partial charge >= 0.3 is 0 Å². The van der Waals surface area contributed by atoms with Crippen LogP contribution in [0.4, 0.5) is 0 Å². The summed E-state index contributed by atoms with van der Waals surface area (Å²) in [6.07, 6.45) is 3.27. The largest absolute Gasteiger partial charge is 0.352 e. The van der Waals surface area contributed by atoms with Crippen molar-refractivity contribution >= 4 is 27.7 Å². The predicted octanol–water partition coefficient (Wildman–Crippen LogP) is 2.20. The lowest BCUT2D eigenvalue weighted by molar-refractivity contribution is -0.121. The quantitative estimate of drug-likeness (QED) is 0.623. The molecule has 1 aromatic carbocycles. The lowest BCUT2D eigenvalue weighted by Gasteiger charge is -2.16. The smallest absolute Gasteiger partial charge is 0.251 e. The van der Waals surface area contributed by atoms with Crippen molar-refractivity contribution < 1.29 is 9.59 Å². The Hall–Kier alpha value is -1.40. The molecule has 22 heavy (non-hydrogen) atoms. The lowest BCUT2D eigenvalue weighted by atomic mass is 10.1. The highest BCUT2D eigenvalue weighted by molar-refractivity contribution is 9.10. The fourth-order valence-electron chi connectivity index (χ4n) is 1.99. The van der Waals surface area contributed by atoms with E-state index in [-0.39, 0.29) is 24.3 Å². The summed E-state index contributed by atoms with van der Waals surface area (Å²) in [5, 5.41) is 5.64. The fourth-order valence-corrected chi connectivity index (χ4v) is 2.26. The maximum atomic E-state index is 11.9. The highest BCUT2D eigenvalue weighted by Crippen LogP contribution is 2.10. The van der Waals surface area contributed by atoms with E-state index in [0.717, 1.165) is 23.7 Å². The van der Waals surface area contributed by atoms with E-state index in [4.69, 9.17) is 5.73 Å². The number of rotatable bonds is 9. The normalized spacial score (nSPS) is 11.8. The van der Waals surface area contributed by atoms with E-state index < -0.39 is 0 Å². The van der Waals surface area contributed by atoms with Crippen LogP contribution in [0.25, 0.3) is 0 Å². The Labute approximate surface area is 140 Å². The zero-order valence-corrected chi connectivity index (χ0v) is 14.5. The van der Waals surface area contributed by atoms with E-state index in [1.165, 1.54) is 0 Å². The SMILES string of the molecule is CCCCC(CN)NC(=O)CCNC(=O)c1ccc(Br)cc1. The summed E-state index contributed by atoms with van der Waals surface area (Å²) in [6.45, 7) is 2.86. The molecule has 0 saturated heterocycles. The molecule has 0 saturated carbocycles. The van der Waals surface area contributed by atoms with Crippen LogP contribution in [-0.2, 0) is 4.79 Å². The lowest BCUT2D eigenvalue weighted by Crippen LogP contribution is -2.41. The summed E-state index contributed by atoms with van der Waals surface area (Å²) in [7, 11) is 0. The second-order valence-electron chi connectivity index (χ2n) is 5.16. The Morgan fingerprint density at radius 1 is 1.27 bits per heavy atom. The van der Waals surface area contributed by atoms with Gasteiger partial charge in [0.2, 0.25) is 5.91 Å². The molecule has 5 nitrogen and oxygen atoms in total. The fraction of sp³-hybridized carbons (Fsp3) is 0.500. The van der Waals surface area contributed by atoms with Crippen molar-refractivity contribution in [3.8, 4) is 0 Å². The van der Waals surface area contributed by atoms with Crippen molar-refractivity contribution in [3.63, 3.8) is 0 Å². The first-order valence-electron chi connectivity index (χ1n) is 7.60. The molecule has 0 radical (unpaired) electrons. The molecule has 0 aliphatic carbocycles. The van der Waals surface area contributed by atoms with Crippen LogP contribution in [-0.4, -0.2) is 30.9 Å². The minimum atomic E-state index is -0.179. The number of nitrogens with one attached hydrogen (secondary N) is 2. The van der Waals surface area contributed by atoms with E-state index in [9.17, 15) is 9.59 Å². The molecular formula is C16H24BrN3O2. The second kappa shape index (κ2) is 10.3. The Morgan fingerprint density at radius 3 is 2.55 bits per heavy atom. The highest BCUT2D eigenvalue weighted by Gasteiger charge is 2.11. The van der Waals surface area contributed by atoms with Crippen molar-refractivity contribution in [1.82, 2.24) is 10.6 Å². The molecule has 0 spiro atoms. The van der Waals surface area contributed by atoms with E-state index >= 15 is 0 Å². The van der Waals surface area contributed by atoms with Gasteiger partial charge in [0.25, 0.3) is 5.91 Å². The minimum absolute atomic E-state index is 0.0228. The number of amides is 2. The molecule has 1 aromatic rings. The predicted molar refractivity (Wildman–Crippen MR) is 91.6 cm³/mol. The number of nitrogens with two attached hydrogens (primary N) is 1. The molecule has 0 aliphatic heterocycles. The maximum Gasteiger partial charge on any atom is 0.251 e. The maximum absolute atomic E-state index is 11.9. The van der Waals surface area contributed by atoms with Crippen LogP contribution in [0.1, 0.15) is 43.0 Å². The summed E-state index contributed by atoms with van der Waals surface area (Å²) in [5.74, 6) is -0.260. The molecular weight excluding hydrogens is 346 g/mol. The van der Waals surface area contributed by atoms with Crippen LogP contribution >= 0.6 is 15.9 Å². The van der Waals surface area contributed by atoms with Gasteiger partial charge in [-0.1, -0.05) is 35.7 Å². The van der Waals surface area contributed by atoms with Gasteiger partial charge in [0.15, 0.2) is 0 Å². The van der Waals surface area contributed by atoms with Gasteiger partial charge in [-0.25, -0.2) is 0 Å². The molecule has 0 aromatic heterocycles. The number of unbranched alkanes of at least 4 members (excludes halogenated alkanes) is 1. The van der Waals surface area contributed by atoms with Crippen LogP contribution < -0.4 is 16.4 Å². The van der Waals surface area contributed by atoms with Gasteiger partial charge < -0.3 is 16.4 Å². The molecule has 0 aliphatic rings. The minimum Gasteiger partial charge on any atom is -0.352 e. The molecule has 0 bridgehead atoms. The second-order valence-corrected chi connectivity index (χ2v) is 6.07. The average molecular weight is 370 g/mol. The van der Waals surface area contributed by atoms with Gasteiger partial charge in [-0.2, -0.15) is 0 Å². The average Bonchev–Trinajstić information content (AvgIpc) is 2.51. The zero-order valence-electron chi connectivity index (χ0n) is 12.9. The zero-order chi connectivity index (χ0) is 16.4. The Morgan fingerprint density at radius 2 is 1.95 bits per heavy atom. The van der Waals surface area contributed by atoms with Crippen LogP contribution in [0.3, 0.4) is 0 Å². The first-order chi connectivity index (χ1) is 10.6. The Bertz CT molecular complexity index is 477. The number of halogens is 1. The third-order valence-corrected chi connectivity index (χ3v) is 3.83. The Kier molecular flexibility index (Phi) is 8.77. The number of carbonyl (C=O) groups excluding carboxylic acids is 2. The summed E-state index contributed by atoms with van der Waals surface area (Å²) in [5.41, 5.74) is 6.21. The monoisotopic (exact) mass is 369 g/mol. The number of benzene rings is 1. The van der Waals surface area contributed by atoms with Crippen LogP contribution in [0.2, 0.25) is 0 Å². The summed E-state index contributed by atoms with van der Waals surface area (Å²) in [6, 6.07) is 7.10. The van der Waals surface area contributed by atoms with Crippen LogP contribution in [0.15, 0.2) is 28.7 Å².